The summed E-state index contributed by atoms with van der Waals surface area (Å²) in [6, 6.07) is 13.3. The molecule has 0 aliphatic rings. The highest BCUT2D eigenvalue weighted by atomic mass is 35.5. The van der Waals surface area contributed by atoms with Crippen molar-refractivity contribution in [3.63, 3.8) is 0 Å². The topological polar surface area (TPSA) is 72.0 Å². The van der Waals surface area contributed by atoms with E-state index >= 15 is 0 Å². The van der Waals surface area contributed by atoms with Crippen molar-refractivity contribution >= 4 is 23.4 Å². The van der Waals surface area contributed by atoms with Crippen molar-refractivity contribution in [2.75, 3.05) is 0 Å². The second kappa shape index (κ2) is 7.77. The van der Waals surface area contributed by atoms with Gasteiger partial charge >= 0.3 is 0 Å². The molecule has 4 nitrogen and oxygen atoms in total. The van der Waals surface area contributed by atoms with Gasteiger partial charge in [-0.3, -0.25) is 4.98 Å². The second-order valence-corrected chi connectivity index (χ2v) is 6.50. The average molecular weight is 358 g/mol. The van der Waals surface area contributed by atoms with Gasteiger partial charge in [-0.2, -0.15) is 0 Å². The van der Waals surface area contributed by atoms with Gasteiger partial charge in [-0.1, -0.05) is 35.5 Å². The van der Waals surface area contributed by atoms with Gasteiger partial charge in [-0.15, -0.1) is 0 Å². The average Bonchev–Trinajstić information content (AvgIpc) is 2.64. The van der Waals surface area contributed by atoms with Crippen molar-refractivity contribution in [3.8, 4) is 11.3 Å². The quantitative estimate of drug-likeness (QED) is 0.724. The lowest BCUT2D eigenvalue weighted by Gasteiger charge is -2.13. The fourth-order valence-corrected chi connectivity index (χ4v) is 3.69. The lowest BCUT2D eigenvalue weighted by molar-refractivity contribution is 0.278. The Morgan fingerprint density at radius 1 is 1.04 bits per heavy atom. The molecular weight excluding hydrogens is 342 g/mol. The Hall–Kier alpha value is -1.92. The molecule has 24 heavy (non-hydrogen) atoms. The first-order valence-electron chi connectivity index (χ1n) is 7.39. The molecule has 3 rings (SSSR count). The van der Waals surface area contributed by atoms with Gasteiger partial charge in [0.05, 0.1) is 17.3 Å². The summed E-state index contributed by atoms with van der Waals surface area (Å²) in [6.07, 6.45) is 3.44. The molecule has 3 aromatic rings. The van der Waals surface area contributed by atoms with E-state index in [2.05, 4.69) is 9.97 Å². The zero-order chi connectivity index (χ0) is 16.9. The molecule has 0 atom stereocenters. The Morgan fingerprint density at radius 3 is 2.58 bits per heavy atom. The van der Waals surface area contributed by atoms with E-state index in [1.165, 1.54) is 11.8 Å². The van der Waals surface area contributed by atoms with E-state index < -0.39 is 0 Å². The number of rotatable bonds is 5. The van der Waals surface area contributed by atoms with Crippen molar-refractivity contribution in [1.29, 1.82) is 0 Å². The van der Waals surface area contributed by atoms with Gasteiger partial charge < -0.3 is 10.8 Å². The molecule has 0 aliphatic carbocycles. The molecule has 0 bridgehead atoms. The number of nitrogens with zero attached hydrogens (tertiary/aromatic N) is 2. The minimum Gasteiger partial charge on any atom is -0.392 e. The maximum atomic E-state index is 9.47. The SMILES string of the molecule is NCc1cc(-c2ccccn2)cc(Cl)c1Sc1ncccc1CO. The Labute approximate surface area is 149 Å². The summed E-state index contributed by atoms with van der Waals surface area (Å²) >= 11 is 7.93. The molecule has 0 radical (unpaired) electrons. The van der Waals surface area contributed by atoms with Gasteiger partial charge in [0.2, 0.25) is 0 Å². The maximum Gasteiger partial charge on any atom is 0.106 e. The van der Waals surface area contributed by atoms with Crippen molar-refractivity contribution in [2.45, 2.75) is 23.1 Å². The van der Waals surface area contributed by atoms with Crippen LogP contribution in [-0.4, -0.2) is 15.1 Å². The summed E-state index contributed by atoms with van der Waals surface area (Å²) in [5, 5.41) is 10.8. The van der Waals surface area contributed by atoms with Crippen molar-refractivity contribution in [3.05, 3.63) is 71.0 Å². The molecule has 0 fully saturated rings. The Kier molecular flexibility index (Phi) is 5.48. The number of pyridine rings is 2. The minimum absolute atomic E-state index is 0.0717. The summed E-state index contributed by atoms with van der Waals surface area (Å²) in [4.78, 5) is 9.54. The van der Waals surface area contributed by atoms with E-state index in [1.54, 1.807) is 18.5 Å². The Morgan fingerprint density at radius 2 is 1.88 bits per heavy atom. The van der Waals surface area contributed by atoms with Crippen LogP contribution < -0.4 is 5.73 Å². The van der Waals surface area contributed by atoms with Crippen LogP contribution in [0.1, 0.15) is 11.1 Å². The first-order valence-corrected chi connectivity index (χ1v) is 8.59. The predicted molar refractivity (Wildman–Crippen MR) is 96.9 cm³/mol. The molecule has 1 aromatic carbocycles. The molecule has 3 N–H and O–H groups in total. The van der Waals surface area contributed by atoms with Gasteiger partial charge in [0.25, 0.3) is 0 Å². The molecule has 2 heterocycles. The molecule has 0 aliphatic heterocycles. The third-order valence-corrected chi connectivity index (χ3v) is 5.18. The minimum atomic E-state index is -0.0717. The van der Waals surface area contributed by atoms with E-state index in [0.717, 1.165) is 32.3 Å². The van der Waals surface area contributed by atoms with Crippen LogP contribution >= 0.6 is 23.4 Å². The van der Waals surface area contributed by atoms with Crippen LogP contribution in [0.5, 0.6) is 0 Å². The summed E-state index contributed by atoms with van der Waals surface area (Å²) in [5.74, 6) is 0. The largest absolute Gasteiger partial charge is 0.392 e. The number of benzene rings is 1. The van der Waals surface area contributed by atoms with E-state index in [1.807, 2.05) is 36.4 Å². The molecule has 0 saturated carbocycles. The second-order valence-electron chi connectivity index (χ2n) is 5.09. The highest BCUT2D eigenvalue weighted by molar-refractivity contribution is 7.99. The first-order chi connectivity index (χ1) is 11.7. The Balaban J connectivity index is 2.02. The molecule has 6 heteroatoms. The summed E-state index contributed by atoms with van der Waals surface area (Å²) in [7, 11) is 0. The number of hydrogen-bond donors (Lipinski definition) is 2. The van der Waals surface area contributed by atoms with E-state index in [0.29, 0.717) is 11.6 Å². The van der Waals surface area contributed by atoms with Crippen molar-refractivity contribution < 1.29 is 5.11 Å². The molecule has 0 spiro atoms. The fraction of sp³-hybridized carbons (Fsp3) is 0.111. The zero-order valence-electron chi connectivity index (χ0n) is 12.8. The smallest absolute Gasteiger partial charge is 0.106 e. The number of aliphatic hydroxyl groups is 1. The van der Waals surface area contributed by atoms with Crippen LogP contribution in [0.25, 0.3) is 11.3 Å². The standard InChI is InChI=1S/C18H16ClN3OS/c19-15-9-13(16-5-1-2-6-21-16)8-14(10-20)17(15)24-18-12(11-23)4-3-7-22-18/h1-9,23H,10-11,20H2. The lowest BCUT2D eigenvalue weighted by Crippen LogP contribution is -2.01. The molecule has 2 aromatic heterocycles. The lowest BCUT2D eigenvalue weighted by atomic mass is 10.1. The third kappa shape index (κ3) is 3.60. The molecular formula is C18H16ClN3OS. The molecule has 0 saturated heterocycles. The van der Waals surface area contributed by atoms with Gasteiger partial charge in [0, 0.05) is 35.0 Å². The summed E-state index contributed by atoms with van der Waals surface area (Å²) in [5.41, 5.74) is 9.38. The number of hydrogen-bond acceptors (Lipinski definition) is 5. The molecule has 0 amide bonds. The zero-order valence-corrected chi connectivity index (χ0v) is 14.4. The van der Waals surface area contributed by atoms with Gasteiger partial charge in [-0.05, 0) is 35.9 Å². The van der Waals surface area contributed by atoms with Gasteiger partial charge in [-0.25, -0.2) is 4.98 Å². The number of aliphatic hydroxyl groups excluding tert-OH is 1. The van der Waals surface area contributed by atoms with Crippen LogP contribution in [0.15, 0.2) is 64.8 Å². The summed E-state index contributed by atoms with van der Waals surface area (Å²) in [6.45, 7) is 0.280. The Bertz CT molecular complexity index is 843. The van der Waals surface area contributed by atoms with Crippen LogP contribution in [0.2, 0.25) is 5.02 Å². The maximum absolute atomic E-state index is 9.47. The van der Waals surface area contributed by atoms with Crippen molar-refractivity contribution in [1.82, 2.24) is 9.97 Å². The van der Waals surface area contributed by atoms with E-state index in [9.17, 15) is 5.11 Å². The van der Waals surface area contributed by atoms with E-state index in [4.69, 9.17) is 17.3 Å². The predicted octanol–water partition coefficient (Wildman–Crippen LogP) is 3.90. The number of aromatic nitrogens is 2. The van der Waals surface area contributed by atoms with Crippen LogP contribution in [0.4, 0.5) is 0 Å². The normalized spacial score (nSPS) is 10.8. The molecule has 122 valence electrons. The number of nitrogens with two attached hydrogens (primary N) is 1. The highest BCUT2D eigenvalue weighted by Crippen LogP contribution is 2.39. The highest BCUT2D eigenvalue weighted by Gasteiger charge is 2.14. The fourth-order valence-electron chi connectivity index (χ4n) is 2.33. The first kappa shape index (κ1) is 16.9. The van der Waals surface area contributed by atoms with Gasteiger partial charge in [0.1, 0.15) is 5.03 Å². The van der Waals surface area contributed by atoms with Crippen LogP contribution in [-0.2, 0) is 13.2 Å². The monoisotopic (exact) mass is 357 g/mol. The van der Waals surface area contributed by atoms with Crippen LogP contribution in [0, 0.1) is 0 Å². The van der Waals surface area contributed by atoms with E-state index in [-0.39, 0.29) is 6.61 Å². The molecule has 0 unspecified atom stereocenters. The third-order valence-electron chi connectivity index (χ3n) is 3.52. The number of halogens is 1. The summed E-state index contributed by atoms with van der Waals surface area (Å²) < 4.78 is 0. The van der Waals surface area contributed by atoms with Crippen LogP contribution in [0.3, 0.4) is 0 Å². The van der Waals surface area contributed by atoms with Gasteiger partial charge in [0.15, 0.2) is 0 Å². The van der Waals surface area contributed by atoms with Crippen molar-refractivity contribution in [2.24, 2.45) is 5.73 Å².